The molecule has 0 bridgehead atoms. The number of hydrogen-bond acceptors (Lipinski definition) is 4. The number of para-hydroxylation sites is 1. The summed E-state index contributed by atoms with van der Waals surface area (Å²) in [5.41, 5.74) is 12.5. The first kappa shape index (κ1) is 24.9. The van der Waals surface area contributed by atoms with E-state index in [0.717, 1.165) is 50.1 Å². The van der Waals surface area contributed by atoms with Crippen molar-refractivity contribution in [2.75, 3.05) is 4.90 Å². The molecule has 8 aromatic rings. The van der Waals surface area contributed by atoms with Gasteiger partial charge in [0.15, 0.2) is 5.58 Å². The van der Waals surface area contributed by atoms with Gasteiger partial charge in [-0.15, -0.1) is 0 Å². The Bertz CT molecular complexity index is 2360. The number of oxazole rings is 1. The molecule has 210 valence electrons. The first-order valence-corrected chi connectivity index (χ1v) is 15.0. The summed E-state index contributed by atoms with van der Waals surface area (Å²) < 4.78 is 12.7. The third kappa shape index (κ3) is 3.61. The maximum atomic E-state index is 6.47. The second-order valence-electron chi connectivity index (χ2n) is 12.0. The van der Waals surface area contributed by atoms with Crippen molar-refractivity contribution in [3.8, 4) is 22.6 Å². The van der Waals surface area contributed by atoms with Crippen molar-refractivity contribution in [2.45, 2.75) is 19.3 Å². The molecular weight excluding hydrogens is 540 g/mol. The fraction of sp³-hybridized carbons (Fsp3) is 0.0750. The van der Waals surface area contributed by atoms with Crippen molar-refractivity contribution < 1.29 is 8.83 Å². The number of rotatable bonds is 4. The van der Waals surface area contributed by atoms with Gasteiger partial charge in [-0.25, -0.2) is 4.98 Å². The number of furan rings is 1. The summed E-state index contributed by atoms with van der Waals surface area (Å²) in [6, 6.07) is 46.6. The molecule has 9 rings (SSSR count). The van der Waals surface area contributed by atoms with Gasteiger partial charge in [0, 0.05) is 33.8 Å². The zero-order valence-electron chi connectivity index (χ0n) is 24.4. The van der Waals surface area contributed by atoms with E-state index in [1.165, 1.54) is 22.3 Å². The van der Waals surface area contributed by atoms with E-state index in [1.807, 2.05) is 42.5 Å². The maximum Gasteiger partial charge on any atom is 0.227 e. The molecule has 6 aromatic carbocycles. The van der Waals surface area contributed by atoms with Crippen LogP contribution in [0.1, 0.15) is 25.0 Å². The van der Waals surface area contributed by atoms with Crippen LogP contribution in [-0.4, -0.2) is 4.98 Å². The summed E-state index contributed by atoms with van der Waals surface area (Å²) in [5, 5.41) is 2.04. The van der Waals surface area contributed by atoms with Gasteiger partial charge in [-0.2, -0.15) is 0 Å². The molecule has 4 nitrogen and oxygen atoms in total. The van der Waals surface area contributed by atoms with Gasteiger partial charge in [0.25, 0.3) is 0 Å². The van der Waals surface area contributed by atoms with E-state index in [1.54, 1.807) is 0 Å². The topological polar surface area (TPSA) is 42.4 Å². The van der Waals surface area contributed by atoms with Crippen LogP contribution in [0.2, 0.25) is 0 Å². The lowest BCUT2D eigenvalue weighted by Gasteiger charge is -2.27. The van der Waals surface area contributed by atoms with E-state index < -0.39 is 0 Å². The molecule has 1 aliphatic carbocycles. The normalized spacial score (nSPS) is 13.4. The number of hydrogen-bond donors (Lipinski definition) is 0. The molecular formula is C40H28N2O2. The van der Waals surface area contributed by atoms with Crippen molar-refractivity contribution in [3.05, 3.63) is 145 Å². The predicted octanol–water partition coefficient (Wildman–Crippen LogP) is 11.2. The van der Waals surface area contributed by atoms with Crippen LogP contribution in [0.4, 0.5) is 17.1 Å². The van der Waals surface area contributed by atoms with E-state index in [2.05, 4.69) is 110 Å². The molecule has 4 heteroatoms. The molecule has 0 saturated heterocycles. The molecule has 0 unspecified atom stereocenters. The Morgan fingerprint density at radius 3 is 2.16 bits per heavy atom. The fourth-order valence-corrected chi connectivity index (χ4v) is 6.97. The van der Waals surface area contributed by atoms with E-state index in [0.29, 0.717) is 11.5 Å². The minimum atomic E-state index is -0.0512. The van der Waals surface area contributed by atoms with Crippen molar-refractivity contribution >= 4 is 50.1 Å². The molecule has 0 amide bonds. The SMILES string of the molecule is CC1(C)c2ccccc2-c2cc(N(c3ccccc3)c3cccc4oc5cc6oc(-c7ccccc7)nc6cc5c34)ccc21. The van der Waals surface area contributed by atoms with Gasteiger partial charge >= 0.3 is 0 Å². The van der Waals surface area contributed by atoms with Crippen molar-refractivity contribution in [1.29, 1.82) is 0 Å². The molecule has 1 aliphatic rings. The molecule has 2 aromatic heterocycles. The van der Waals surface area contributed by atoms with Gasteiger partial charge in [0.1, 0.15) is 16.7 Å². The molecule has 0 spiro atoms. The second kappa shape index (κ2) is 9.19. The third-order valence-electron chi connectivity index (χ3n) is 9.08. The predicted molar refractivity (Wildman–Crippen MR) is 179 cm³/mol. The van der Waals surface area contributed by atoms with Crippen LogP contribution < -0.4 is 4.90 Å². The standard InChI is InChI=1S/C40H28N2O2/c1-40(2)31-17-10-9-16-28(31)29-22-27(20-21-32(29)40)42(26-14-7-4-8-15-26)34-18-11-19-35-38(34)30-23-33-37(24-36(30)43-35)44-39(41-33)25-12-5-3-6-13-25/h3-24H,1-2H3. The van der Waals surface area contributed by atoms with Crippen LogP contribution in [0.5, 0.6) is 0 Å². The van der Waals surface area contributed by atoms with Crippen LogP contribution in [-0.2, 0) is 5.41 Å². The van der Waals surface area contributed by atoms with Crippen LogP contribution in [0, 0.1) is 0 Å². The molecule has 0 N–H and O–H groups in total. The molecule has 0 fully saturated rings. The van der Waals surface area contributed by atoms with Gasteiger partial charge in [0.2, 0.25) is 5.89 Å². The molecule has 44 heavy (non-hydrogen) atoms. The zero-order chi connectivity index (χ0) is 29.4. The lowest BCUT2D eigenvalue weighted by atomic mass is 9.82. The summed E-state index contributed by atoms with van der Waals surface area (Å²) in [5.74, 6) is 0.602. The largest absolute Gasteiger partial charge is 0.456 e. The molecule has 0 atom stereocenters. The Balaban J connectivity index is 1.28. The highest BCUT2D eigenvalue weighted by Gasteiger charge is 2.35. The number of nitrogens with zero attached hydrogens (tertiary/aromatic N) is 2. The average molecular weight is 569 g/mol. The summed E-state index contributed by atoms with van der Waals surface area (Å²) in [6.45, 7) is 4.64. The van der Waals surface area contributed by atoms with Crippen molar-refractivity contribution in [3.63, 3.8) is 0 Å². The fourth-order valence-electron chi connectivity index (χ4n) is 6.97. The van der Waals surface area contributed by atoms with Gasteiger partial charge in [0.05, 0.1) is 11.1 Å². The Morgan fingerprint density at radius 2 is 1.32 bits per heavy atom. The molecule has 2 heterocycles. The van der Waals surface area contributed by atoms with Gasteiger partial charge in [-0.1, -0.05) is 86.6 Å². The third-order valence-corrected chi connectivity index (χ3v) is 9.08. The average Bonchev–Trinajstić information content (AvgIpc) is 3.71. The highest BCUT2D eigenvalue weighted by molar-refractivity contribution is 6.15. The molecule has 0 aliphatic heterocycles. The molecule has 0 radical (unpaired) electrons. The first-order chi connectivity index (χ1) is 21.6. The van der Waals surface area contributed by atoms with E-state index in [-0.39, 0.29) is 5.41 Å². The maximum absolute atomic E-state index is 6.47. The van der Waals surface area contributed by atoms with Crippen LogP contribution in [0.3, 0.4) is 0 Å². The zero-order valence-corrected chi connectivity index (χ0v) is 24.4. The van der Waals surface area contributed by atoms with Crippen molar-refractivity contribution in [2.24, 2.45) is 0 Å². The summed E-state index contributed by atoms with van der Waals surface area (Å²) in [6.07, 6.45) is 0. The highest BCUT2D eigenvalue weighted by Crippen LogP contribution is 2.51. The second-order valence-corrected chi connectivity index (χ2v) is 12.0. The summed E-state index contributed by atoms with van der Waals surface area (Å²) in [4.78, 5) is 7.20. The highest BCUT2D eigenvalue weighted by atomic mass is 16.4. The van der Waals surface area contributed by atoms with Crippen molar-refractivity contribution in [1.82, 2.24) is 4.98 Å². The number of aromatic nitrogens is 1. The Morgan fingerprint density at radius 1 is 0.568 bits per heavy atom. The Labute approximate surface area is 254 Å². The number of benzene rings is 6. The van der Waals surface area contributed by atoms with Gasteiger partial charge in [-0.05, 0) is 76.9 Å². The number of anilines is 3. The quantitative estimate of drug-likeness (QED) is 0.212. The van der Waals surface area contributed by atoms with E-state index >= 15 is 0 Å². The van der Waals surface area contributed by atoms with E-state index in [9.17, 15) is 0 Å². The minimum absolute atomic E-state index is 0.0512. The lowest BCUT2D eigenvalue weighted by Crippen LogP contribution is -2.15. The van der Waals surface area contributed by atoms with Crippen LogP contribution >= 0.6 is 0 Å². The van der Waals surface area contributed by atoms with Crippen LogP contribution in [0.15, 0.2) is 142 Å². The lowest BCUT2D eigenvalue weighted by molar-refractivity contribution is 0.617. The van der Waals surface area contributed by atoms with Gasteiger partial charge < -0.3 is 13.7 Å². The monoisotopic (exact) mass is 568 g/mol. The molecule has 0 saturated carbocycles. The summed E-state index contributed by atoms with van der Waals surface area (Å²) in [7, 11) is 0. The smallest absolute Gasteiger partial charge is 0.227 e. The van der Waals surface area contributed by atoms with E-state index in [4.69, 9.17) is 13.8 Å². The first-order valence-electron chi connectivity index (χ1n) is 15.0. The Hall–Kier alpha value is -5.61. The number of fused-ring (bicyclic) bond motifs is 7. The van der Waals surface area contributed by atoms with Gasteiger partial charge in [-0.3, -0.25) is 0 Å². The minimum Gasteiger partial charge on any atom is -0.456 e. The Kier molecular flexibility index (Phi) is 5.21. The summed E-state index contributed by atoms with van der Waals surface area (Å²) >= 11 is 0. The van der Waals surface area contributed by atoms with Crippen LogP contribution in [0.25, 0.3) is 55.6 Å².